The monoisotopic (exact) mass is 395 g/mol. The lowest BCUT2D eigenvalue weighted by Crippen LogP contribution is -2.37. The van der Waals surface area contributed by atoms with Crippen LogP contribution in [0.5, 0.6) is 0 Å². The molecule has 0 saturated heterocycles. The number of nitrogens with zero attached hydrogens (tertiary/aromatic N) is 1. The summed E-state index contributed by atoms with van der Waals surface area (Å²) in [6.07, 6.45) is 1.74. The van der Waals surface area contributed by atoms with Crippen molar-refractivity contribution in [3.63, 3.8) is 0 Å². The van der Waals surface area contributed by atoms with Crippen LogP contribution in [0, 0.1) is 0 Å². The Morgan fingerprint density at radius 1 is 1.26 bits per heavy atom. The van der Waals surface area contributed by atoms with E-state index in [-0.39, 0.29) is 24.3 Å². The first-order chi connectivity index (χ1) is 12.3. The molecule has 0 aliphatic heterocycles. The zero-order valence-corrected chi connectivity index (χ0v) is 16.5. The van der Waals surface area contributed by atoms with Crippen molar-refractivity contribution in [3.8, 4) is 0 Å². The normalized spacial score (nSPS) is 11.6. The Balaban J connectivity index is 0.00000364. The van der Waals surface area contributed by atoms with Crippen molar-refractivity contribution in [1.29, 1.82) is 0 Å². The van der Waals surface area contributed by atoms with Crippen molar-refractivity contribution >= 4 is 41.3 Å². The Kier molecular flexibility index (Phi) is 8.11. The number of benzene rings is 1. The zero-order chi connectivity index (χ0) is 19.2. The number of carbonyl (C=O) groups is 2. The van der Waals surface area contributed by atoms with Gasteiger partial charge in [0.1, 0.15) is 5.60 Å². The quantitative estimate of drug-likeness (QED) is 0.353. The molecule has 1 aromatic carbocycles. The summed E-state index contributed by atoms with van der Waals surface area (Å²) < 4.78 is 5.12. The van der Waals surface area contributed by atoms with E-state index in [1.165, 1.54) is 0 Å². The van der Waals surface area contributed by atoms with Gasteiger partial charge in [0.2, 0.25) is 0 Å². The second-order valence-electron chi connectivity index (χ2n) is 6.75. The summed E-state index contributed by atoms with van der Waals surface area (Å²) in [5, 5.41) is 6.01. The van der Waals surface area contributed by atoms with E-state index in [9.17, 15) is 9.59 Å². The molecule has 2 amide bonds. The molecule has 0 atom stereocenters. The third-order valence-electron chi connectivity index (χ3n) is 3.36. The first-order valence-electron chi connectivity index (χ1n) is 8.40. The van der Waals surface area contributed by atoms with Crippen LogP contribution in [0.4, 0.5) is 4.79 Å². The minimum atomic E-state index is -0.528. The van der Waals surface area contributed by atoms with Gasteiger partial charge in [-0.3, -0.25) is 15.1 Å². The molecule has 8 nitrogen and oxygen atoms in total. The predicted octanol–water partition coefficient (Wildman–Crippen LogP) is 2.55. The van der Waals surface area contributed by atoms with Gasteiger partial charge in [-0.25, -0.2) is 4.79 Å². The van der Waals surface area contributed by atoms with Crippen LogP contribution in [0.15, 0.2) is 35.5 Å². The van der Waals surface area contributed by atoms with Gasteiger partial charge in [0.25, 0.3) is 5.91 Å². The maximum absolute atomic E-state index is 12.3. The van der Waals surface area contributed by atoms with Gasteiger partial charge in [0.05, 0.1) is 5.56 Å². The van der Waals surface area contributed by atoms with Crippen LogP contribution in [0.3, 0.4) is 0 Å². The Bertz CT molecular complexity index is 811. The van der Waals surface area contributed by atoms with Crippen molar-refractivity contribution < 1.29 is 14.3 Å². The average molecular weight is 396 g/mol. The van der Waals surface area contributed by atoms with E-state index in [4.69, 9.17) is 10.5 Å². The molecule has 0 aliphatic carbocycles. The van der Waals surface area contributed by atoms with Crippen LogP contribution in [0.1, 0.15) is 37.6 Å². The first-order valence-corrected chi connectivity index (χ1v) is 8.40. The van der Waals surface area contributed by atoms with Gasteiger partial charge in [-0.05, 0) is 33.3 Å². The van der Waals surface area contributed by atoms with Gasteiger partial charge >= 0.3 is 6.09 Å². The molecule has 2 rings (SSSR count). The van der Waals surface area contributed by atoms with E-state index in [2.05, 4.69) is 20.6 Å². The fraction of sp³-hybridized carbons (Fsp3) is 0.389. The van der Waals surface area contributed by atoms with Gasteiger partial charge < -0.3 is 20.8 Å². The minimum absolute atomic E-state index is 0. The van der Waals surface area contributed by atoms with Gasteiger partial charge in [-0.15, -0.1) is 12.4 Å². The number of carbonyl (C=O) groups excluding carboxylic acids is 2. The highest BCUT2D eigenvalue weighted by molar-refractivity contribution is 6.12. The SMILES string of the molecule is CC(C)(C)OC(=O)NCCCN=C(N)NC(=O)c1c[nH]c2ccccc12.Cl. The molecule has 0 fully saturated rings. The lowest BCUT2D eigenvalue weighted by Gasteiger charge is -2.19. The molecule has 0 spiro atoms. The number of halogens is 1. The molecule has 0 radical (unpaired) electrons. The number of ether oxygens (including phenoxy) is 1. The minimum Gasteiger partial charge on any atom is -0.444 e. The van der Waals surface area contributed by atoms with Gasteiger partial charge in [0.15, 0.2) is 5.96 Å². The number of nitrogens with two attached hydrogens (primary N) is 1. The Labute approximate surface area is 164 Å². The number of para-hydroxylation sites is 1. The lowest BCUT2D eigenvalue weighted by atomic mass is 10.1. The number of guanidine groups is 1. The third kappa shape index (κ3) is 7.18. The summed E-state index contributed by atoms with van der Waals surface area (Å²) in [4.78, 5) is 30.9. The second-order valence-corrected chi connectivity index (χ2v) is 6.75. The second kappa shape index (κ2) is 9.82. The molecule has 27 heavy (non-hydrogen) atoms. The number of aromatic nitrogens is 1. The van der Waals surface area contributed by atoms with Crippen LogP contribution < -0.4 is 16.4 Å². The number of H-pyrrole nitrogens is 1. The van der Waals surface area contributed by atoms with Crippen LogP contribution in [0.25, 0.3) is 10.9 Å². The fourth-order valence-corrected chi connectivity index (χ4v) is 2.27. The number of rotatable bonds is 5. The highest BCUT2D eigenvalue weighted by Crippen LogP contribution is 2.17. The smallest absolute Gasteiger partial charge is 0.407 e. The van der Waals surface area contributed by atoms with E-state index in [1.807, 2.05) is 24.3 Å². The van der Waals surface area contributed by atoms with E-state index >= 15 is 0 Å². The maximum atomic E-state index is 12.3. The average Bonchev–Trinajstić information content (AvgIpc) is 2.97. The van der Waals surface area contributed by atoms with Crippen LogP contribution in [-0.4, -0.2) is 41.6 Å². The molecule has 1 aromatic heterocycles. The first kappa shape index (κ1) is 22.3. The standard InChI is InChI=1S/C18H25N5O3.ClH/c1-18(2,3)26-17(25)21-10-6-9-20-16(19)23-15(24)13-11-22-14-8-5-4-7-12(13)14;/h4-5,7-8,11,22H,6,9-10H2,1-3H3,(H,21,25)(H3,19,20,23,24);1H. The molecule has 1 heterocycles. The van der Waals surface area contributed by atoms with Crippen LogP contribution >= 0.6 is 12.4 Å². The number of amides is 2. The van der Waals surface area contributed by atoms with E-state index in [1.54, 1.807) is 27.0 Å². The molecule has 0 bridgehead atoms. The fourth-order valence-electron chi connectivity index (χ4n) is 2.27. The van der Waals surface area contributed by atoms with Gasteiger partial charge in [-0.1, -0.05) is 18.2 Å². The maximum Gasteiger partial charge on any atom is 0.407 e. The zero-order valence-electron chi connectivity index (χ0n) is 15.7. The lowest BCUT2D eigenvalue weighted by molar-refractivity contribution is 0.0527. The number of alkyl carbamates (subject to hydrolysis) is 1. The molecule has 148 valence electrons. The van der Waals surface area contributed by atoms with E-state index in [0.717, 1.165) is 10.9 Å². The molecular weight excluding hydrogens is 370 g/mol. The van der Waals surface area contributed by atoms with Gasteiger partial charge in [-0.2, -0.15) is 0 Å². The topological polar surface area (TPSA) is 122 Å². The van der Waals surface area contributed by atoms with Crippen molar-refractivity contribution in [2.24, 2.45) is 10.7 Å². The summed E-state index contributed by atoms with van der Waals surface area (Å²) in [5.41, 5.74) is 6.60. The molecule has 0 unspecified atom stereocenters. The molecule has 0 saturated carbocycles. The van der Waals surface area contributed by atoms with Crippen LogP contribution in [-0.2, 0) is 4.74 Å². The highest BCUT2D eigenvalue weighted by Gasteiger charge is 2.15. The summed E-state index contributed by atoms with van der Waals surface area (Å²) in [6.45, 7) is 6.17. The third-order valence-corrected chi connectivity index (χ3v) is 3.36. The summed E-state index contributed by atoms with van der Waals surface area (Å²) in [7, 11) is 0. The number of aliphatic imine (C=N–C) groups is 1. The number of fused-ring (bicyclic) bond motifs is 1. The molecule has 5 N–H and O–H groups in total. The molecule has 0 aliphatic rings. The molecule has 9 heteroatoms. The summed E-state index contributed by atoms with van der Waals surface area (Å²) in [5.74, 6) is -0.284. The summed E-state index contributed by atoms with van der Waals surface area (Å²) >= 11 is 0. The Hall–Kier alpha value is -2.74. The number of aromatic amines is 1. The van der Waals surface area contributed by atoms with Crippen LogP contribution in [0.2, 0.25) is 0 Å². The van der Waals surface area contributed by atoms with E-state index in [0.29, 0.717) is 25.1 Å². The largest absolute Gasteiger partial charge is 0.444 e. The Morgan fingerprint density at radius 3 is 2.67 bits per heavy atom. The molecular formula is C18H26ClN5O3. The van der Waals surface area contributed by atoms with Gasteiger partial charge in [0, 0.05) is 30.2 Å². The van der Waals surface area contributed by atoms with Crippen molar-refractivity contribution in [2.75, 3.05) is 13.1 Å². The molecule has 2 aromatic rings. The van der Waals surface area contributed by atoms with Crippen molar-refractivity contribution in [3.05, 3.63) is 36.0 Å². The Morgan fingerprint density at radius 2 is 1.96 bits per heavy atom. The number of nitrogens with one attached hydrogen (secondary N) is 3. The number of hydrogen-bond acceptors (Lipinski definition) is 4. The van der Waals surface area contributed by atoms with E-state index < -0.39 is 11.7 Å². The number of hydrogen-bond donors (Lipinski definition) is 4. The summed E-state index contributed by atoms with van der Waals surface area (Å²) in [6, 6.07) is 7.50. The van der Waals surface area contributed by atoms with Crippen molar-refractivity contribution in [2.45, 2.75) is 32.8 Å². The van der Waals surface area contributed by atoms with Crippen molar-refractivity contribution in [1.82, 2.24) is 15.6 Å². The predicted molar refractivity (Wildman–Crippen MR) is 108 cm³/mol. The highest BCUT2D eigenvalue weighted by atomic mass is 35.5.